The van der Waals surface area contributed by atoms with Crippen molar-refractivity contribution in [3.8, 4) is 28.3 Å². The SMILES string of the molecule is COc1cc(-c2cnn(C3CCNCC3)c2)c(F)cc1N(C=O)Cc1ccc(-c2nnc(C(F)F)o2)cn1. The lowest BCUT2D eigenvalue weighted by molar-refractivity contribution is -0.107. The number of aromatic nitrogens is 5. The highest BCUT2D eigenvalue weighted by molar-refractivity contribution is 5.81. The van der Waals surface area contributed by atoms with Crippen molar-refractivity contribution in [3.63, 3.8) is 0 Å². The lowest BCUT2D eigenvalue weighted by atomic mass is 10.1. The fourth-order valence-electron chi connectivity index (χ4n) is 4.34. The van der Waals surface area contributed by atoms with Gasteiger partial charge in [0, 0.05) is 29.6 Å². The second kappa shape index (κ2) is 11.0. The van der Waals surface area contributed by atoms with Crippen molar-refractivity contribution in [1.29, 1.82) is 0 Å². The average Bonchev–Trinajstić information content (AvgIpc) is 3.63. The normalized spacial score (nSPS) is 14.1. The van der Waals surface area contributed by atoms with Gasteiger partial charge in [-0.2, -0.15) is 13.9 Å². The van der Waals surface area contributed by atoms with Crippen LogP contribution in [-0.4, -0.2) is 51.6 Å². The first-order valence-electron chi connectivity index (χ1n) is 11.9. The highest BCUT2D eigenvalue weighted by Crippen LogP contribution is 2.36. The Kier molecular flexibility index (Phi) is 7.36. The average molecular weight is 528 g/mol. The molecule has 0 saturated carbocycles. The molecule has 0 bridgehead atoms. The first-order valence-corrected chi connectivity index (χ1v) is 11.9. The molecule has 1 aromatic carbocycles. The van der Waals surface area contributed by atoms with Gasteiger partial charge in [0.1, 0.15) is 11.6 Å². The number of methoxy groups -OCH3 is 1. The van der Waals surface area contributed by atoms with Crippen molar-refractivity contribution < 1.29 is 27.1 Å². The van der Waals surface area contributed by atoms with E-state index in [4.69, 9.17) is 9.15 Å². The molecule has 1 amide bonds. The van der Waals surface area contributed by atoms with Crippen LogP contribution in [0.1, 0.15) is 36.9 Å². The van der Waals surface area contributed by atoms with Crippen LogP contribution in [0.25, 0.3) is 22.6 Å². The summed E-state index contributed by atoms with van der Waals surface area (Å²) in [6.45, 7) is 1.82. The van der Waals surface area contributed by atoms with Gasteiger partial charge in [-0.25, -0.2) is 4.39 Å². The maximum atomic E-state index is 15.3. The van der Waals surface area contributed by atoms with E-state index in [1.807, 2.05) is 10.9 Å². The van der Waals surface area contributed by atoms with Crippen LogP contribution in [0.4, 0.5) is 18.9 Å². The molecule has 0 radical (unpaired) electrons. The van der Waals surface area contributed by atoms with Gasteiger partial charge in [-0.15, -0.1) is 10.2 Å². The Labute approximate surface area is 215 Å². The topological polar surface area (TPSA) is 111 Å². The Morgan fingerprint density at radius 1 is 1.21 bits per heavy atom. The Morgan fingerprint density at radius 3 is 2.68 bits per heavy atom. The van der Waals surface area contributed by atoms with Gasteiger partial charge in [-0.3, -0.25) is 14.5 Å². The monoisotopic (exact) mass is 527 g/mol. The summed E-state index contributed by atoms with van der Waals surface area (Å²) in [5.41, 5.74) is 1.92. The number of ether oxygens (including phenoxy) is 1. The largest absolute Gasteiger partial charge is 0.495 e. The van der Waals surface area contributed by atoms with Crippen molar-refractivity contribution in [2.45, 2.75) is 31.9 Å². The van der Waals surface area contributed by atoms with Gasteiger partial charge in [-0.05, 0) is 44.1 Å². The molecule has 13 heteroatoms. The standard InChI is InChI=1S/C25H24F3N7O3/c1-37-22-8-19(16-11-31-35(12-16)18-4-6-29-7-5-18)20(26)9-21(22)34(14-36)13-17-3-2-15(10-30-17)24-32-33-25(38-24)23(27)28/h2-3,8-12,14,18,23,29H,4-7,13H2,1H3. The van der Waals surface area contributed by atoms with Crippen LogP contribution in [0.5, 0.6) is 5.75 Å². The van der Waals surface area contributed by atoms with Gasteiger partial charge >= 0.3 is 6.43 Å². The Morgan fingerprint density at radius 2 is 2.03 bits per heavy atom. The van der Waals surface area contributed by atoms with Crippen molar-refractivity contribution in [3.05, 3.63) is 60.3 Å². The van der Waals surface area contributed by atoms with Gasteiger partial charge in [0.15, 0.2) is 0 Å². The van der Waals surface area contributed by atoms with Crippen LogP contribution < -0.4 is 15.0 Å². The van der Waals surface area contributed by atoms with Gasteiger partial charge in [0.05, 0.1) is 42.8 Å². The molecule has 38 heavy (non-hydrogen) atoms. The molecule has 0 aliphatic carbocycles. The second-order valence-corrected chi connectivity index (χ2v) is 8.71. The molecule has 5 rings (SSSR count). The van der Waals surface area contributed by atoms with Crippen molar-refractivity contribution >= 4 is 12.1 Å². The summed E-state index contributed by atoms with van der Waals surface area (Å²) in [6, 6.07) is 6.16. The second-order valence-electron chi connectivity index (χ2n) is 8.71. The molecular weight excluding hydrogens is 503 g/mol. The molecule has 198 valence electrons. The highest BCUT2D eigenvalue weighted by atomic mass is 19.3. The number of nitrogens with zero attached hydrogens (tertiary/aromatic N) is 6. The van der Waals surface area contributed by atoms with E-state index in [1.165, 1.54) is 30.3 Å². The number of hydrogen-bond acceptors (Lipinski definition) is 8. The fraction of sp³-hybridized carbons (Fsp3) is 0.320. The third-order valence-corrected chi connectivity index (χ3v) is 6.33. The molecule has 4 aromatic rings. The zero-order valence-corrected chi connectivity index (χ0v) is 20.4. The Hall–Kier alpha value is -4.26. The molecule has 0 spiro atoms. The van der Waals surface area contributed by atoms with E-state index >= 15 is 4.39 Å². The summed E-state index contributed by atoms with van der Waals surface area (Å²) in [7, 11) is 1.44. The van der Waals surface area contributed by atoms with Crippen LogP contribution in [0.3, 0.4) is 0 Å². The Bertz CT molecular complexity index is 1400. The summed E-state index contributed by atoms with van der Waals surface area (Å²) in [6.07, 6.45) is 4.37. The number of nitrogens with one attached hydrogen (secondary N) is 1. The number of benzene rings is 1. The smallest absolute Gasteiger partial charge is 0.314 e. The van der Waals surface area contributed by atoms with E-state index < -0.39 is 18.1 Å². The minimum Gasteiger partial charge on any atom is -0.495 e. The zero-order chi connectivity index (χ0) is 26.6. The number of carbonyl (C=O) groups excluding carboxylic acids is 1. The fourth-order valence-corrected chi connectivity index (χ4v) is 4.34. The van der Waals surface area contributed by atoms with Gasteiger partial charge < -0.3 is 19.4 Å². The maximum Gasteiger partial charge on any atom is 0.314 e. The lowest BCUT2D eigenvalue weighted by Gasteiger charge is -2.22. The van der Waals surface area contributed by atoms with Crippen LogP contribution in [-0.2, 0) is 11.3 Å². The molecule has 1 saturated heterocycles. The first-order chi connectivity index (χ1) is 18.5. The van der Waals surface area contributed by atoms with Gasteiger partial charge in [0.25, 0.3) is 5.89 Å². The number of halogens is 3. The van der Waals surface area contributed by atoms with E-state index in [9.17, 15) is 13.6 Å². The predicted molar refractivity (Wildman–Crippen MR) is 130 cm³/mol. The molecule has 1 aliphatic heterocycles. The van der Waals surface area contributed by atoms with Crippen LogP contribution in [0, 0.1) is 5.82 Å². The number of amides is 1. The van der Waals surface area contributed by atoms with Gasteiger partial charge in [-0.1, -0.05) is 0 Å². The number of piperidine rings is 1. The number of rotatable bonds is 9. The van der Waals surface area contributed by atoms with Crippen molar-refractivity contribution in [2.75, 3.05) is 25.1 Å². The summed E-state index contributed by atoms with van der Waals surface area (Å²) < 4.78 is 53.0. The van der Waals surface area contributed by atoms with Crippen LogP contribution in [0.2, 0.25) is 0 Å². The molecule has 0 unspecified atom stereocenters. The summed E-state index contributed by atoms with van der Waals surface area (Å²) in [5, 5.41) is 14.6. The third kappa shape index (κ3) is 5.23. The molecule has 0 atom stereocenters. The summed E-state index contributed by atoms with van der Waals surface area (Å²) in [4.78, 5) is 17.5. The Balaban J connectivity index is 1.36. The molecule has 1 aliphatic rings. The number of alkyl halides is 2. The molecule has 4 heterocycles. The lowest BCUT2D eigenvalue weighted by Crippen LogP contribution is -2.29. The molecule has 10 nitrogen and oxygen atoms in total. The molecular formula is C25H24F3N7O3. The van der Waals surface area contributed by atoms with E-state index in [2.05, 4.69) is 25.6 Å². The van der Waals surface area contributed by atoms with E-state index in [1.54, 1.807) is 18.3 Å². The molecule has 1 fully saturated rings. The third-order valence-electron chi connectivity index (χ3n) is 6.33. The number of hydrogen-bond donors (Lipinski definition) is 1. The highest BCUT2D eigenvalue weighted by Gasteiger charge is 2.21. The molecule has 1 N–H and O–H groups in total. The van der Waals surface area contributed by atoms with E-state index in [0.717, 1.165) is 25.9 Å². The van der Waals surface area contributed by atoms with Crippen molar-refractivity contribution in [1.82, 2.24) is 30.3 Å². The summed E-state index contributed by atoms with van der Waals surface area (Å²) in [5.74, 6) is -1.13. The molecule has 3 aromatic heterocycles. The van der Waals surface area contributed by atoms with Crippen LogP contribution in [0.15, 0.2) is 47.3 Å². The zero-order valence-electron chi connectivity index (χ0n) is 20.4. The number of carbonyl (C=O) groups is 1. The summed E-state index contributed by atoms with van der Waals surface area (Å²) >= 11 is 0. The minimum absolute atomic E-state index is 0.00130. The number of pyridine rings is 1. The van der Waals surface area contributed by atoms with Gasteiger partial charge in [0.2, 0.25) is 12.3 Å². The minimum atomic E-state index is -2.88. The van der Waals surface area contributed by atoms with E-state index in [-0.39, 0.29) is 24.2 Å². The maximum absolute atomic E-state index is 15.3. The quantitative estimate of drug-likeness (QED) is 0.323. The van der Waals surface area contributed by atoms with E-state index in [0.29, 0.717) is 34.5 Å². The van der Waals surface area contributed by atoms with Crippen molar-refractivity contribution in [2.24, 2.45) is 0 Å². The predicted octanol–water partition coefficient (Wildman–Crippen LogP) is 4.17. The number of anilines is 1. The van der Waals surface area contributed by atoms with Crippen LogP contribution >= 0.6 is 0 Å². The first kappa shape index (κ1) is 25.4.